The van der Waals surface area contributed by atoms with Crippen LogP contribution in [0.2, 0.25) is 5.02 Å². The van der Waals surface area contributed by atoms with Crippen molar-refractivity contribution < 1.29 is 18.3 Å². The molecule has 7 heteroatoms. The highest BCUT2D eigenvalue weighted by molar-refractivity contribution is 7.12. The van der Waals surface area contributed by atoms with E-state index in [-0.39, 0.29) is 10.6 Å². The van der Waals surface area contributed by atoms with Crippen LogP contribution in [0.3, 0.4) is 0 Å². The van der Waals surface area contributed by atoms with Gasteiger partial charge in [-0.3, -0.25) is 0 Å². The summed E-state index contributed by atoms with van der Waals surface area (Å²) in [6, 6.07) is 6.34. The number of aliphatic hydroxyl groups is 1. The van der Waals surface area contributed by atoms with Crippen molar-refractivity contribution in [3.63, 3.8) is 0 Å². The fourth-order valence-electron chi connectivity index (χ4n) is 1.44. The van der Waals surface area contributed by atoms with Crippen LogP contribution in [-0.2, 0) is 12.8 Å². The fourth-order valence-corrected chi connectivity index (χ4v) is 2.44. The third-order valence-electron chi connectivity index (χ3n) is 2.18. The maximum atomic E-state index is 12.6. The lowest BCUT2D eigenvalue weighted by Gasteiger charge is -2.01. The molecule has 0 fully saturated rings. The average molecular weight is 294 g/mol. The van der Waals surface area contributed by atoms with Gasteiger partial charge in [0.2, 0.25) is 0 Å². The molecule has 0 saturated carbocycles. The largest absolute Gasteiger partial charge is 0.443 e. The summed E-state index contributed by atoms with van der Waals surface area (Å²) < 4.78 is 37.7. The minimum Gasteiger partial charge on any atom is -0.391 e. The quantitative estimate of drug-likeness (QED) is 0.908. The Morgan fingerprint density at radius 2 is 2.06 bits per heavy atom. The van der Waals surface area contributed by atoms with E-state index in [4.69, 9.17) is 16.7 Å². The van der Waals surface area contributed by atoms with E-state index in [0.717, 1.165) is 0 Å². The molecule has 0 saturated heterocycles. The second-order valence-corrected chi connectivity index (χ2v) is 4.98. The third-order valence-corrected chi connectivity index (χ3v) is 3.50. The van der Waals surface area contributed by atoms with E-state index in [1.54, 1.807) is 18.2 Å². The highest BCUT2D eigenvalue weighted by atomic mass is 35.5. The van der Waals surface area contributed by atoms with Gasteiger partial charge in [-0.1, -0.05) is 23.7 Å². The fraction of sp³-hybridized carbons (Fsp3) is 0.182. The van der Waals surface area contributed by atoms with Crippen LogP contribution in [0.5, 0.6) is 0 Å². The monoisotopic (exact) mass is 293 g/mol. The molecule has 0 bridgehead atoms. The van der Waals surface area contributed by atoms with Crippen LogP contribution in [0.15, 0.2) is 24.3 Å². The van der Waals surface area contributed by atoms with Gasteiger partial charge in [0.15, 0.2) is 5.01 Å². The van der Waals surface area contributed by atoms with Gasteiger partial charge in [0.1, 0.15) is 0 Å². The van der Waals surface area contributed by atoms with Crippen LogP contribution in [0.4, 0.5) is 13.2 Å². The summed E-state index contributed by atoms with van der Waals surface area (Å²) in [5.74, 6) is 0. The number of alkyl halides is 3. The van der Waals surface area contributed by atoms with E-state index in [1.807, 2.05) is 0 Å². The molecule has 0 aliphatic heterocycles. The molecule has 0 radical (unpaired) electrons. The number of aromatic nitrogens is 1. The molecule has 0 spiro atoms. The molecule has 1 aromatic heterocycles. The number of nitrogens with zero attached hydrogens (tertiary/aromatic N) is 1. The summed E-state index contributed by atoms with van der Waals surface area (Å²) in [6.07, 6.45) is -4.51. The minimum atomic E-state index is -4.51. The van der Waals surface area contributed by atoms with Crippen LogP contribution in [-0.4, -0.2) is 10.1 Å². The Balaban J connectivity index is 2.54. The molecule has 1 aromatic carbocycles. The van der Waals surface area contributed by atoms with Crippen LogP contribution >= 0.6 is 22.9 Å². The van der Waals surface area contributed by atoms with E-state index in [2.05, 4.69) is 4.98 Å². The number of benzene rings is 1. The Morgan fingerprint density at radius 1 is 1.33 bits per heavy atom. The predicted octanol–water partition coefficient (Wildman–Crippen LogP) is 3.97. The van der Waals surface area contributed by atoms with E-state index >= 15 is 0 Å². The first kappa shape index (κ1) is 13.3. The van der Waals surface area contributed by atoms with Crippen LogP contribution in [0.1, 0.15) is 9.88 Å². The molecule has 0 amide bonds. The average Bonchev–Trinajstić information content (AvgIpc) is 2.72. The lowest BCUT2D eigenvalue weighted by molar-refractivity contribution is -0.137. The Labute approximate surface area is 110 Å². The maximum Gasteiger partial charge on any atom is 0.443 e. The number of rotatable bonds is 2. The van der Waals surface area contributed by atoms with Crippen LogP contribution in [0.25, 0.3) is 11.3 Å². The van der Waals surface area contributed by atoms with E-state index in [9.17, 15) is 13.2 Å². The number of aliphatic hydroxyl groups excluding tert-OH is 1. The van der Waals surface area contributed by atoms with Crippen molar-refractivity contribution in [3.05, 3.63) is 39.2 Å². The van der Waals surface area contributed by atoms with Crippen LogP contribution < -0.4 is 0 Å². The van der Waals surface area contributed by atoms with Crippen molar-refractivity contribution in [1.82, 2.24) is 4.98 Å². The van der Waals surface area contributed by atoms with Crippen molar-refractivity contribution in [2.24, 2.45) is 0 Å². The lowest BCUT2D eigenvalue weighted by atomic mass is 10.1. The van der Waals surface area contributed by atoms with Crippen molar-refractivity contribution >= 4 is 22.9 Å². The standard InChI is InChI=1S/C11H7ClF3NOS/c12-7-3-1-2-6(4-7)9-8(5-17)18-10(16-9)11(13,14)15/h1-4,17H,5H2. The van der Waals surface area contributed by atoms with Gasteiger partial charge in [0.25, 0.3) is 0 Å². The first-order valence-corrected chi connectivity index (χ1v) is 6.05. The van der Waals surface area contributed by atoms with Crippen molar-refractivity contribution in [2.75, 3.05) is 0 Å². The maximum absolute atomic E-state index is 12.6. The molecule has 0 aliphatic carbocycles. The van der Waals surface area contributed by atoms with Gasteiger partial charge >= 0.3 is 6.18 Å². The van der Waals surface area contributed by atoms with Gasteiger partial charge in [0.05, 0.1) is 17.2 Å². The van der Waals surface area contributed by atoms with Gasteiger partial charge in [-0.05, 0) is 12.1 Å². The summed E-state index contributed by atoms with van der Waals surface area (Å²) >= 11 is 6.22. The highest BCUT2D eigenvalue weighted by Crippen LogP contribution is 2.37. The molecule has 0 atom stereocenters. The van der Waals surface area contributed by atoms with Crippen molar-refractivity contribution in [3.8, 4) is 11.3 Å². The van der Waals surface area contributed by atoms with E-state index in [0.29, 0.717) is 21.9 Å². The number of hydrogen-bond acceptors (Lipinski definition) is 3. The molecule has 96 valence electrons. The zero-order chi connectivity index (χ0) is 13.3. The molecule has 2 nitrogen and oxygen atoms in total. The molecule has 2 aromatic rings. The van der Waals surface area contributed by atoms with E-state index < -0.39 is 17.8 Å². The van der Waals surface area contributed by atoms with Gasteiger partial charge in [-0.2, -0.15) is 13.2 Å². The van der Waals surface area contributed by atoms with Gasteiger partial charge < -0.3 is 5.11 Å². The van der Waals surface area contributed by atoms with Crippen molar-refractivity contribution in [2.45, 2.75) is 12.8 Å². The first-order chi connectivity index (χ1) is 8.41. The molecular weight excluding hydrogens is 287 g/mol. The van der Waals surface area contributed by atoms with Crippen molar-refractivity contribution in [1.29, 1.82) is 0 Å². The van der Waals surface area contributed by atoms with Gasteiger partial charge in [-0.25, -0.2) is 4.98 Å². The van der Waals surface area contributed by atoms with Gasteiger partial charge in [-0.15, -0.1) is 11.3 Å². The number of halogens is 4. The van der Waals surface area contributed by atoms with E-state index in [1.165, 1.54) is 6.07 Å². The molecule has 1 N–H and O–H groups in total. The summed E-state index contributed by atoms with van der Waals surface area (Å²) in [5, 5.41) is 8.53. The SMILES string of the molecule is OCc1sc(C(F)(F)F)nc1-c1cccc(Cl)c1. The zero-order valence-corrected chi connectivity index (χ0v) is 10.4. The highest BCUT2D eigenvalue weighted by Gasteiger charge is 2.36. The summed E-state index contributed by atoms with van der Waals surface area (Å²) in [5.41, 5.74) is 0.579. The smallest absolute Gasteiger partial charge is 0.391 e. The Morgan fingerprint density at radius 3 is 2.61 bits per heavy atom. The molecule has 0 aliphatic rings. The molecule has 1 heterocycles. The molecule has 2 rings (SSSR count). The molecular formula is C11H7ClF3NOS. The summed E-state index contributed by atoms with van der Waals surface area (Å²) in [7, 11) is 0. The summed E-state index contributed by atoms with van der Waals surface area (Å²) in [4.78, 5) is 3.71. The predicted molar refractivity (Wildman–Crippen MR) is 63.5 cm³/mol. The summed E-state index contributed by atoms with van der Waals surface area (Å²) in [6.45, 7) is -0.490. The second kappa shape index (κ2) is 4.87. The third kappa shape index (κ3) is 2.66. The zero-order valence-electron chi connectivity index (χ0n) is 8.83. The lowest BCUT2D eigenvalue weighted by Crippen LogP contribution is -2.03. The second-order valence-electron chi connectivity index (χ2n) is 3.46. The normalized spacial score (nSPS) is 11.8. The minimum absolute atomic E-state index is 0.123. The Bertz CT molecular complexity index is 568. The van der Waals surface area contributed by atoms with Gasteiger partial charge in [0, 0.05) is 10.6 Å². The number of hydrogen-bond donors (Lipinski definition) is 1. The Hall–Kier alpha value is -1.11. The number of thiazole rings is 1. The Kier molecular flexibility index (Phi) is 3.61. The first-order valence-electron chi connectivity index (χ1n) is 4.85. The topological polar surface area (TPSA) is 33.1 Å². The molecule has 0 unspecified atom stereocenters. The molecule has 18 heavy (non-hydrogen) atoms. The van der Waals surface area contributed by atoms with Crippen LogP contribution in [0, 0.1) is 0 Å².